The number of halogens is 3. The first-order chi connectivity index (χ1) is 14.3. The molecule has 1 fully saturated rings. The predicted octanol–water partition coefficient (Wildman–Crippen LogP) is 4.46. The van der Waals surface area contributed by atoms with Crippen LogP contribution in [0.4, 0.5) is 4.39 Å². The zero-order valence-corrected chi connectivity index (χ0v) is 19.6. The highest BCUT2D eigenvalue weighted by Crippen LogP contribution is 2.32. The molecule has 0 spiro atoms. The predicted molar refractivity (Wildman–Crippen MR) is 126 cm³/mol. The molecule has 1 heterocycles. The fraction of sp³-hybridized carbons (Fsp3) is 0.478. The van der Waals surface area contributed by atoms with Gasteiger partial charge < -0.3 is 19.5 Å². The highest BCUT2D eigenvalue weighted by atomic mass is 35.5. The second-order valence-corrected chi connectivity index (χ2v) is 7.04. The molecule has 1 aliphatic heterocycles. The third kappa shape index (κ3) is 8.83. The highest BCUT2D eigenvalue weighted by molar-refractivity contribution is 5.85. The molecule has 0 bridgehead atoms. The standard InChI is InChI=1S/C23H31FN2O3.2ClH/c1-2-28-22-10-5-8-19(17-25-11-6-12-26-13-15-27-16-14-26)23(22)29-18-20-7-3-4-9-21(20)24;;/h3-5,7-10,25H,2,6,11-18H2,1H3;2*1H. The number of hydrogen-bond donors (Lipinski definition) is 1. The van der Waals surface area contributed by atoms with E-state index in [9.17, 15) is 4.39 Å². The Morgan fingerprint density at radius 2 is 1.74 bits per heavy atom. The van der Waals surface area contributed by atoms with Crippen molar-refractivity contribution >= 4 is 24.8 Å². The summed E-state index contributed by atoms with van der Waals surface area (Å²) in [5, 5.41) is 3.49. The van der Waals surface area contributed by atoms with E-state index in [0.717, 1.165) is 51.4 Å². The van der Waals surface area contributed by atoms with Crippen molar-refractivity contribution in [1.29, 1.82) is 0 Å². The smallest absolute Gasteiger partial charge is 0.166 e. The number of nitrogens with zero attached hydrogens (tertiary/aromatic N) is 1. The van der Waals surface area contributed by atoms with Crippen molar-refractivity contribution in [1.82, 2.24) is 10.2 Å². The zero-order chi connectivity index (χ0) is 20.3. The maximum absolute atomic E-state index is 13.9. The van der Waals surface area contributed by atoms with E-state index >= 15 is 0 Å². The first-order valence-corrected chi connectivity index (χ1v) is 10.4. The van der Waals surface area contributed by atoms with Crippen LogP contribution in [0.15, 0.2) is 42.5 Å². The average Bonchev–Trinajstić information content (AvgIpc) is 2.75. The molecule has 0 radical (unpaired) electrons. The lowest BCUT2D eigenvalue weighted by molar-refractivity contribution is 0.0374. The maximum atomic E-state index is 13.9. The molecule has 0 aromatic heterocycles. The van der Waals surface area contributed by atoms with Gasteiger partial charge in [0.1, 0.15) is 12.4 Å². The van der Waals surface area contributed by atoms with Crippen molar-refractivity contribution in [2.75, 3.05) is 46.0 Å². The molecule has 2 aromatic rings. The summed E-state index contributed by atoms with van der Waals surface area (Å²) in [5.41, 5.74) is 1.54. The third-order valence-corrected chi connectivity index (χ3v) is 4.94. The molecule has 1 saturated heterocycles. The Kier molecular flexibility index (Phi) is 13.5. The molecule has 1 N–H and O–H groups in total. The van der Waals surface area contributed by atoms with Crippen molar-refractivity contribution < 1.29 is 18.6 Å². The summed E-state index contributed by atoms with van der Waals surface area (Å²) in [6.07, 6.45) is 1.08. The fourth-order valence-corrected chi connectivity index (χ4v) is 3.37. The summed E-state index contributed by atoms with van der Waals surface area (Å²) in [6, 6.07) is 12.6. The van der Waals surface area contributed by atoms with Crippen LogP contribution >= 0.6 is 24.8 Å². The van der Waals surface area contributed by atoms with Gasteiger partial charge in [0.05, 0.1) is 19.8 Å². The van der Waals surface area contributed by atoms with Crippen LogP contribution in [0, 0.1) is 5.82 Å². The second kappa shape index (κ2) is 15.3. The number of para-hydroxylation sites is 1. The minimum Gasteiger partial charge on any atom is -0.490 e. The number of benzene rings is 2. The monoisotopic (exact) mass is 474 g/mol. The Morgan fingerprint density at radius 1 is 1.00 bits per heavy atom. The van der Waals surface area contributed by atoms with E-state index in [0.29, 0.717) is 30.2 Å². The van der Waals surface area contributed by atoms with Gasteiger partial charge in [-0.05, 0) is 38.6 Å². The first kappa shape index (κ1) is 27.5. The summed E-state index contributed by atoms with van der Waals surface area (Å²) < 4.78 is 31.1. The Morgan fingerprint density at radius 3 is 2.48 bits per heavy atom. The van der Waals surface area contributed by atoms with Crippen molar-refractivity contribution in [2.24, 2.45) is 0 Å². The van der Waals surface area contributed by atoms with Crippen LogP contribution in [-0.4, -0.2) is 50.9 Å². The van der Waals surface area contributed by atoms with Gasteiger partial charge in [-0.2, -0.15) is 0 Å². The van der Waals surface area contributed by atoms with Gasteiger partial charge in [-0.15, -0.1) is 24.8 Å². The number of hydrogen-bond acceptors (Lipinski definition) is 5. The van der Waals surface area contributed by atoms with Gasteiger partial charge in [-0.1, -0.05) is 30.3 Å². The zero-order valence-electron chi connectivity index (χ0n) is 18.0. The van der Waals surface area contributed by atoms with Gasteiger partial charge >= 0.3 is 0 Å². The van der Waals surface area contributed by atoms with Crippen molar-refractivity contribution in [3.8, 4) is 11.5 Å². The lowest BCUT2D eigenvalue weighted by atomic mass is 10.1. The number of rotatable bonds is 11. The van der Waals surface area contributed by atoms with Crippen LogP contribution in [-0.2, 0) is 17.9 Å². The SMILES string of the molecule is CCOc1cccc(CNCCCN2CCOCC2)c1OCc1ccccc1F.Cl.Cl. The average molecular weight is 475 g/mol. The van der Waals surface area contributed by atoms with Gasteiger partial charge in [-0.3, -0.25) is 4.90 Å². The van der Waals surface area contributed by atoms with Gasteiger partial charge in [0.15, 0.2) is 11.5 Å². The van der Waals surface area contributed by atoms with Gasteiger partial charge in [-0.25, -0.2) is 4.39 Å². The fourth-order valence-electron chi connectivity index (χ4n) is 3.37. The summed E-state index contributed by atoms with van der Waals surface area (Å²) in [5.74, 6) is 1.11. The summed E-state index contributed by atoms with van der Waals surface area (Å²) in [6.45, 7) is 9.03. The molecule has 2 aromatic carbocycles. The molecule has 5 nitrogen and oxygen atoms in total. The number of morpholine rings is 1. The normalized spacial score (nSPS) is 13.7. The van der Waals surface area contributed by atoms with Crippen molar-refractivity contribution in [3.05, 3.63) is 59.4 Å². The van der Waals surface area contributed by atoms with Crippen LogP contribution in [0.1, 0.15) is 24.5 Å². The molecule has 0 unspecified atom stereocenters. The van der Waals surface area contributed by atoms with E-state index in [1.165, 1.54) is 6.07 Å². The van der Waals surface area contributed by atoms with Crippen LogP contribution < -0.4 is 14.8 Å². The van der Waals surface area contributed by atoms with Crippen LogP contribution in [0.3, 0.4) is 0 Å². The Labute approximate surface area is 197 Å². The molecule has 3 rings (SSSR count). The van der Waals surface area contributed by atoms with E-state index in [-0.39, 0.29) is 37.2 Å². The first-order valence-electron chi connectivity index (χ1n) is 10.4. The molecule has 1 aliphatic rings. The highest BCUT2D eigenvalue weighted by Gasteiger charge is 2.13. The van der Waals surface area contributed by atoms with Crippen LogP contribution in [0.2, 0.25) is 0 Å². The molecule has 174 valence electrons. The largest absolute Gasteiger partial charge is 0.490 e. The van der Waals surface area contributed by atoms with E-state index in [1.807, 2.05) is 31.2 Å². The topological polar surface area (TPSA) is 43.0 Å². The lowest BCUT2D eigenvalue weighted by Crippen LogP contribution is -2.37. The molecule has 0 saturated carbocycles. The Bertz CT molecular complexity index is 761. The van der Waals surface area contributed by atoms with E-state index in [4.69, 9.17) is 14.2 Å². The molecule has 0 amide bonds. The summed E-state index contributed by atoms with van der Waals surface area (Å²) >= 11 is 0. The maximum Gasteiger partial charge on any atom is 0.166 e. The molecule has 0 atom stereocenters. The second-order valence-electron chi connectivity index (χ2n) is 7.04. The van der Waals surface area contributed by atoms with Crippen LogP contribution in [0.5, 0.6) is 11.5 Å². The van der Waals surface area contributed by atoms with E-state index < -0.39 is 0 Å². The number of nitrogens with one attached hydrogen (secondary N) is 1. The van der Waals surface area contributed by atoms with Crippen LogP contribution in [0.25, 0.3) is 0 Å². The third-order valence-electron chi connectivity index (χ3n) is 4.94. The van der Waals surface area contributed by atoms with E-state index in [2.05, 4.69) is 10.2 Å². The Balaban J connectivity index is 0.00000240. The minimum absolute atomic E-state index is 0. The van der Waals surface area contributed by atoms with Gasteiger partial charge in [0.25, 0.3) is 0 Å². The van der Waals surface area contributed by atoms with Gasteiger partial charge in [0, 0.05) is 30.8 Å². The van der Waals surface area contributed by atoms with Gasteiger partial charge in [0.2, 0.25) is 0 Å². The molecule has 31 heavy (non-hydrogen) atoms. The van der Waals surface area contributed by atoms with Crippen molar-refractivity contribution in [2.45, 2.75) is 26.5 Å². The number of ether oxygens (including phenoxy) is 3. The summed E-state index contributed by atoms with van der Waals surface area (Å²) in [7, 11) is 0. The quantitative estimate of drug-likeness (QED) is 0.487. The van der Waals surface area contributed by atoms with E-state index in [1.54, 1.807) is 12.1 Å². The molecular formula is C23H33Cl2FN2O3. The lowest BCUT2D eigenvalue weighted by Gasteiger charge is -2.26. The minimum atomic E-state index is -0.260. The molecule has 0 aliphatic carbocycles. The van der Waals surface area contributed by atoms with Crippen molar-refractivity contribution in [3.63, 3.8) is 0 Å². The Hall–Kier alpha value is -1.57. The molecular weight excluding hydrogens is 442 g/mol. The molecule has 8 heteroatoms. The summed E-state index contributed by atoms with van der Waals surface area (Å²) in [4.78, 5) is 2.43.